The molecule has 4 saturated carbocycles. The van der Waals surface area contributed by atoms with Crippen LogP contribution in [0.2, 0.25) is 0 Å². The van der Waals surface area contributed by atoms with Crippen molar-refractivity contribution in [2.45, 2.75) is 51.0 Å². The van der Waals surface area contributed by atoms with Crippen LogP contribution < -0.4 is 0 Å². The molecule has 0 radical (unpaired) electrons. The van der Waals surface area contributed by atoms with Crippen molar-refractivity contribution in [2.75, 3.05) is 6.61 Å². The molecule has 0 aromatic rings. The Labute approximate surface area is 108 Å². The summed E-state index contributed by atoms with van der Waals surface area (Å²) in [5.74, 6) is 0.296. The highest BCUT2D eigenvalue weighted by Crippen LogP contribution is 2.67. The Hall–Kier alpha value is -0.830. The predicted octanol–water partition coefficient (Wildman–Crippen LogP) is 2.44. The minimum atomic E-state index is -0.331. The van der Waals surface area contributed by atoms with E-state index in [9.17, 15) is 9.90 Å². The van der Waals surface area contributed by atoms with Gasteiger partial charge in [0.15, 0.2) is 0 Å². The molecule has 18 heavy (non-hydrogen) atoms. The number of carbonyl (C=O) groups excluding carboxylic acids is 1. The topological polar surface area (TPSA) is 46.5 Å². The van der Waals surface area contributed by atoms with Crippen molar-refractivity contribution in [3.63, 3.8) is 0 Å². The molecule has 3 nitrogen and oxygen atoms in total. The predicted molar refractivity (Wildman–Crippen MR) is 67.8 cm³/mol. The van der Waals surface area contributed by atoms with Crippen LogP contribution in [0, 0.1) is 16.7 Å². The van der Waals surface area contributed by atoms with Gasteiger partial charge in [-0.1, -0.05) is 13.5 Å². The van der Waals surface area contributed by atoms with Gasteiger partial charge in [-0.15, -0.1) is 0 Å². The lowest BCUT2D eigenvalue weighted by Crippen LogP contribution is -2.61. The Morgan fingerprint density at radius 2 is 2.17 bits per heavy atom. The van der Waals surface area contributed by atoms with E-state index in [1.807, 2.05) is 0 Å². The van der Waals surface area contributed by atoms with Gasteiger partial charge >= 0.3 is 5.97 Å². The normalized spacial score (nSPS) is 49.1. The van der Waals surface area contributed by atoms with Gasteiger partial charge in [0.2, 0.25) is 0 Å². The fraction of sp³-hybridized carbons (Fsp3) is 0.800. The van der Waals surface area contributed by atoms with E-state index in [0.717, 1.165) is 32.1 Å². The Kier molecular flexibility index (Phi) is 2.44. The summed E-state index contributed by atoms with van der Waals surface area (Å²) in [7, 11) is 0. The molecule has 4 aliphatic carbocycles. The van der Waals surface area contributed by atoms with Crippen molar-refractivity contribution >= 4 is 5.97 Å². The van der Waals surface area contributed by atoms with Crippen molar-refractivity contribution in [1.82, 2.24) is 0 Å². The highest BCUT2D eigenvalue weighted by Gasteiger charge is 2.63. The number of esters is 1. The number of ether oxygens (including phenoxy) is 1. The quantitative estimate of drug-likeness (QED) is 0.618. The zero-order valence-electron chi connectivity index (χ0n) is 11.1. The fourth-order valence-electron chi connectivity index (χ4n) is 5.58. The van der Waals surface area contributed by atoms with Crippen LogP contribution in [-0.2, 0) is 9.53 Å². The van der Waals surface area contributed by atoms with Crippen LogP contribution in [0.15, 0.2) is 12.7 Å². The number of hydrogen-bond acceptors (Lipinski definition) is 3. The van der Waals surface area contributed by atoms with Crippen molar-refractivity contribution < 1.29 is 14.6 Å². The second-order valence-electron chi connectivity index (χ2n) is 7.29. The van der Waals surface area contributed by atoms with Gasteiger partial charge in [0, 0.05) is 12.7 Å². The zero-order valence-corrected chi connectivity index (χ0v) is 11.1. The highest BCUT2D eigenvalue weighted by molar-refractivity contribution is 5.81. The molecule has 0 saturated heterocycles. The third-order valence-corrected chi connectivity index (χ3v) is 5.23. The maximum absolute atomic E-state index is 11.6. The third kappa shape index (κ3) is 1.71. The minimum absolute atomic E-state index is 0.00435. The standard InChI is InChI=1S/C15H22O3/c1-3-12(17)18-15-6-11-4-13(2,8-15)7-14(5-11,9-15)10-16/h3,11,16H,1,4-10H2,2H3. The lowest BCUT2D eigenvalue weighted by atomic mass is 9.43. The molecular formula is C15H22O3. The van der Waals surface area contributed by atoms with Crippen LogP contribution in [0.5, 0.6) is 0 Å². The molecule has 0 spiro atoms. The molecule has 0 amide bonds. The molecule has 4 rings (SSSR count). The highest BCUT2D eigenvalue weighted by atomic mass is 16.6. The van der Waals surface area contributed by atoms with Crippen molar-refractivity contribution in [3.05, 3.63) is 12.7 Å². The van der Waals surface area contributed by atoms with Gasteiger partial charge in [0.05, 0.1) is 0 Å². The average molecular weight is 250 g/mol. The first kappa shape index (κ1) is 12.2. The van der Waals surface area contributed by atoms with Gasteiger partial charge in [-0.05, 0) is 55.3 Å². The second-order valence-corrected chi connectivity index (χ2v) is 7.29. The maximum atomic E-state index is 11.6. The Bertz CT molecular complexity index is 405. The summed E-state index contributed by atoms with van der Waals surface area (Å²) in [4.78, 5) is 11.6. The summed E-state index contributed by atoms with van der Waals surface area (Å²) in [5.41, 5.74) is -0.0958. The molecule has 0 heterocycles. The van der Waals surface area contributed by atoms with Gasteiger partial charge in [-0.25, -0.2) is 4.79 Å². The first-order chi connectivity index (χ1) is 8.42. The Morgan fingerprint density at radius 1 is 1.39 bits per heavy atom. The zero-order chi connectivity index (χ0) is 13.0. The van der Waals surface area contributed by atoms with Crippen LogP contribution in [0.1, 0.15) is 45.4 Å². The summed E-state index contributed by atoms with van der Waals surface area (Å²) < 4.78 is 5.72. The summed E-state index contributed by atoms with van der Waals surface area (Å²) in [6.07, 6.45) is 7.44. The molecule has 4 bridgehead atoms. The molecule has 1 N–H and O–H groups in total. The van der Waals surface area contributed by atoms with Crippen LogP contribution in [0.3, 0.4) is 0 Å². The van der Waals surface area contributed by atoms with Crippen LogP contribution in [0.25, 0.3) is 0 Å². The van der Waals surface area contributed by atoms with Gasteiger partial charge in [-0.3, -0.25) is 0 Å². The number of hydrogen-bond donors (Lipinski definition) is 1. The Balaban J connectivity index is 1.93. The van der Waals surface area contributed by atoms with E-state index in [4.69, 9.17) is 4.74 Å². The van der Waals surface area contributed by atoms with E-state index in [0.29, 0.717) is 5.92 Å². The number of aliphatic hydroxyl groups excluding tert-OH is 1. The van der Waals surface area contributed by atoms with Crippen LogP contribution in [0.4, 0.5) is 0 Å². The maximum Gasteiger partial charge on any atom is 0.330 e. The molecule has 4 atom stereocenters. The van der Waals surface area contributed by atoms with E-state index in [2.05, 4.69) is 13.5 Å². The van der Waals surface area contributed by atoms with Crippen LogP contribution in [-0.4, -0.2) is 23.3 Å². The molecule has 0 aliphatic heterocycles. The average Bonchev–Trinajstić information content (AvgIpc) is 2.25. The summed E-state index contributed by atoms with van der Waals surface area (Å²) in [6, 6.07) is 0. The van der Waals surface area contributed by atoms with Gasteiger partial charge < -0.3 is 9.84 Å². The largest absolute Gasteiger partial charge is 0.456 e. The fourth-order valence-corrected chi connectivity index (χ4v) is 5.58. The van der Waals surface area contributed by atoms with Crippen molar-refractivity contribution in [3.8, 4) is 0 Å². The molecule has 100 valence electrons. The lowest BCUT2D eigenvalue weighted by Gasteiger charge is -2.64. The van der Waals surface area contributed by atoms with Gasteiger partial charge in [0.25, 0.3) is 0 Å². The molecular weight excluding hydrogens is 228 g/mol. The second kappa shape index (κ2) is 3.60. The van der Waals surface area contributed by atoms with Gasteiger partial charge in [-0.2, -0.15) is 0 Å². The summed E-state index contributed by atoms with van der Waals surface area (Å²) >= 11 is 0. The molecule has 4 aliphatic rings. The third-order valence-electron chi connectivity index (χ3n) is 5.23. The first-order valence-electron chi connectivity index (χ1n) is 6.89. The lowest BCUT2D eigenvalue weighted by molar-refractivity contribution is -0.222. The number of rotatable bonds is 3. The number of aliphatic hydroxyl groups is 1. The number of carbonyl (C=O) groups is 1. The van der Waals surface area contributed by atoms with E-state index < -0.39 is 0 Å². The summed E-state index contributed by atoms with van der Waals surface area (Å²) in [5, 5.41) is 9.79. The smallest absolute Gasteiger partial charge is 0.330 e. The summed E-state index contributed by atoms with van der Waals surface area (Å²) in [6.45, 7) is 6.01. The molecule has 4 fully saturated rings. The monoisotopic (exact) mass is 250 g/mol. The van der Waals surface area contributed by atoms with E-state index in [1.165, 1.54) is 12.5 Å². The SMILES string of the molecule is C=CC(=O)OC12CC3CC(C)(CC(CO)(C3)C1)C2. The molecule has 3 heteroatoms. The first-order valence-corrected chi connectivity index (χ1v) is 6.89. The van der Waals surface area contributed by atoms with E-state index in [-0.39, 0.29) is 29.0 Å². The minimum Gasteiger partial charge on any atom is -0.456 e. The molecule has 0 aromatic carbocycles. The van der Waals surface area contributed by atoms with Crippen LogP contribution >= 0.6 is 0 Å². The van der Waals surface area contributed by atoms with E-state index >= 15 is 0 Å². The molecule has 4 unspecified atom stereocenters. The van der Waals surface area contributed by atoms with E-state index in [1.54, 1.807) is 0 Å². The van der Waals surface area contributed by atoms with Crippen molar-refractivity contribution in [1.29, 1.82) is 0 Å². The van der Waals surface area contributed by atoms with Crippen molar-refractivity contribution in [2.24, 2.45) is 16.7 Å². The van der Waals surface area contributed by atoms with Gasteiger partial charge in [0.1, 0.15) is 5.60 Å². The Morgan fingerprint density at radius 3 is 2.78 bits per heavy atom. The molecule has 0 aromatic heterocycles.